The lowest BCUT2D eigenvalue weighted by atomic mass is 10.1. The van der Waals surface area contributed by atoms with Gasteiger partial charge in [-0.3, -0.25) is 9.59 Å². The van der Waals surface area contributed by atoms with E-state index in [9.17, 15) is 24.6 Å². The van der Waals surface area contributed by atoms with Crippen molar-refractivity contribution in [1.29, 1.82) is 0 Å². The summed E-state index contributed by atoms with van der Waals surface area (Å²) in [6, 6.07) is 4.80. The first-order valence-corrected chi connectivity index (χ1v) is 7.09. The lowest BCUT2D eigenvalue weighted by Crippen LogP contribution is -2.43. The molecule has 0 saturated carbocycles. The van der Waals surface area contributed by atoms with Gasteiger partial charge < -0.3 is 20.3 Å². The van der Waals surface area contributed by atoms with Gasteiger partial charge in [-0.1, -0.05) is 12.1 Å². The molecule has 0 heterocycles. The van der Waals surface area contributed by atoms with E-state index in [0.29, 0.717) is 5.56 Å². The van der Waals surface area contributed by atoms with Crippen molar-refractivity contribution in [1.82, 2.24) is 5.32 Å². The minimum Gasteiger partial charge on any atom is -0.508 e. The van der Waals surface area contributed by atoms with E-state index in [1.54, 1.807) is 32.9 Å². The standard InChI is InChI=1S/C16H21NO6/c1-16(2,3)23-14(20)9-13(19)17-12(15(21)22)8-10-4-6-11(18)7-5-10/h4-7,12,18H,8-9H2,1-3H3,(H,17,19)(H,21,22). The SMILES string of the molecule is CC(C)(C)OC(=O)CC(=O)NC(Cc1ccc(O)cc1)C(=O)O. The van der Waals surface area contributed by atoms with E-state index in [-0.39, 0.29) is 12.2 Å². The van der Waals surface area contributed by atoms with E-state index in [1.165, 1.54) is 12.1 Å². The zero-order valence-corrected chi connectivity index (χ0v) is 13.3. The number of carboxylic acid groups (broad SMARTS) is 1. The summed E-state index contributed by atoms with van der Waals surface area (Å²) in [5, 5.41) is 20.7. The topological polar surface area (TPSA) is 113 Å². The van der Waals surface area contributed by atoms with Crippen molar-refractivity contribution in [3.05, 3.63) is 29.8 Å². The van der Waals surface area contributed by atoms with Crippen LogP contribution in [0.4, 0.5) is 0 Å². The van der Waals surface area contributed by atoms with Gasteiger partial charge >= 0.3 is 11.9 Å². The first kappa shape index (κ1) is 18.5. The molecule has 0 aliphatic heterocycles. The van der Waals surface area contributed by atoms with Crippen molar-refractivity contribution in [3.63, 3.8) is 0 Å². The number of ether oxygens (including phenoxy) is 1. The van der Waals surface area contributed by atoms with Crippen LogP contribution in [0, 0.1) is 0 Å². The average Bonchev–Trinajstić information content (AvgIpc) is 2.37. The predicted octanol–water partition coefficient (Wildman–Crippen LogP) is 1.24. The van der Waals surface area contributed by atoms with Gasteiger partial charge in [0.1, 0.15) is 23.8 Å². The van der Waals surface area contributed by atoms with Gasteiger partial charge in [-0.2, -0.15) is 0 Å². The van der Waals surface area contributed by atoms with Crippen LogP contribution in [0.2, 0.25) is 0 Å². The number of amides is 1. The van der Waals surface area contributed by atoms with Gasteiger partial charge in [0.15, 0.2) is 0 Å². The second-order valence-electron chi connectivity index (χ2n) is 6.09. The second kappa shape index (κ2) is 7.62. The Morgan fingerprint density at radius 3 is 2.22 bits per heavy atom. The molecular formula is C16H21NO6. The third-order valence-corrected chi connectivity index (χ3v) is 2.73. The number of nitrogens with one attached hydrogen (secondary N) is 1. The fraction of sp³-hybridized carbons (Fsp3) is 0.438. The maximum Gasteiger partial charge on any atom is 0.326 e. The number of rotatable bonds is 6. The van der Waals surface area contributed by atoms with Gasteiger partial charge in [0, 0.05) is 6.42 Å². The van der Waals surface area contributed by atoms with Crippen molar-refractivity contribution >= 4 is 17.8 Å². The van der Waals surface area contributed by atoms with Gasteiger partial charge in [-0.05, 0) is 38.5 Å². The number of hydrogen-bond donors (Lipinski definition) is 3. The molecule has 0 spiro atoms. The number of benzene rings is 1. The molecule has 1 rings (SSSR count). The number of hydrogen-bond acceptors (Lipinski definition) is 5. The molecule has 23 heavy (non-hydrogen) atoms. The minimum atomic E-state index is -1.21. The van der Waals surface area contributed by atoms with Gasteiger partial charge in [0.2, 0.25) is 5.91 Å². The Kier molecular flexibility index (Phi) is 6.12. The Balaban J connectivity index is 2.62. The summed E-state index contributed by atoms with van der Waals surface area (Å²) in [6.45, 7) is 5.02. The summed E-state index contributed by atoms with van der Waals surface area (Å²) in [5.74, 6) is -2.58. The number of carbonyl (C=O) groups is 3. The third kappa shape index (κ3) is 7.30. The molecule has 126 valence electrons. The Labute approximate surface area is 134 Å². The van der Waals surface area contributed by atoms with Crippen LogP contribution in [-0.4, -0.2) is 39.7 Å². The lowest BCUT2D eigenvalue weighted by Gasteiger charge is -2.20. The summed E-state index contributed by atoms with van der Waals surface area (Å²) in [7, 11) is 0. The van der Waals surface area contributed by atoms with Crippen molar-refractivity contribution in [2.24, 2.45) is 0 Å². The number of phenols is 1. The quantitative estimate of drug-likeness (QED) is 0.536. The molecule has 1 aromatic carbocycles. The van der Waals surface area contributed by atoms with E-state index >= 15 is 0 Å². The average molecular weight is 323 g/mol. The van der Waals surface area contributed by atoms with Crippen LogP contribution in [0.15, 0.2) is 24.3 Å². The van der Waals surface area contributed by atoms with Gasteiger partial charge in [-0.15, -0.1) is 0 Å². The van der Waals surface area contributed by atoms with Crippen LogP contribution in [0.25, 0.3) is 0 Å². The maximum absolute atomic E-state index is 11.8. The monoisotopic (exact) mass is 323 g/mol. The molecule has 0 fully saturated rings. The summed E-state index contributed by atoms with van der Waals surface area (Å²) >= 11 is 0. The molecule has 0 aliphatic rings. The Bertz CT molecular complexity index is 573. The molecule has 0 aliphatic carbocycles. The van der Waals surface area contributed by atoms with E-state index in [1.807, 2.05) is 0 Å². The van der Waals surface area contributed by atoms with Crippen LogP contribution in [0.3, 0.4) is 0 Å². The van der Waals surface area contributed by atoms with Gasteiger partial charge in [0.05, 0.1) is 0 Å². The molecule has 0 aromatic heterocycles. The summed E-state index contributed by atoms with van der Waals surface area (Å²) in [5.41, 5.74) is -0.0805. The highest BCUT2D eigenvalue weighted by Gasteiger charge is 2.24. The van der Waals surface area contributed by atoms with Crippen LogP contribution >= 0.6 is 0 Å². The fourth-order valence-corrected chi connectivity index (χ4v) is 1.82. The Morgan fingerprint density at radius 2 is 1.74 bits per heavy atom. The second-order valence-corrected chi connectivity index (χ2v) is 6.09. The Morgan fingerprint density at radius 1 is 1.17 bits per heavy atom. The molecule has 1 amide bonds. The maximum atomic E-state index is 11.8. The van der Waals surface area contributed by atoms with Crippen molar-refractivity contribution in [2.45, 2.75) is 45.3 Å². The van der Waals surface area contributed by atoms with Crippen LogP contribution in [-0.2, 0) is 25.5 Å². The summed E-state index contributed by atoms with van der Waals surface area (Å²) < 4.78 is 5.01. The predicted molar refractivity (Wildman–Crippen MR) is 81.8 cm³/mol. The molecular weight excluding hydrogens is 302 g/mol. The molecule has 7 heteroatoms. The molecule has 3 N–H and O–H groups in total. The number of aromatic hydroxyl groups is 1. The first-order valence-electron chi connectivity index (χ1n) is 7.09. The van der Waals surface area contributed by atoms with Crippen LogP contribution in [0.5, 0.6) is 5.75 Å². The zero-order valence-electron chi connectivity index (χ0n) is 13.3. The molecule has 0 radical (unpaired) electrons. The third-order valence-electron chi connectivity index (χ3n) is 2.73. The smallest absolute Gasteiger partial charge is 0.326 e. The van der Waals surface area contributed by atoms with Gasteiger partial charge in [0.25, 0.3) is 0 Å². The first-order chi connectivity index (χ1) is 10.6. The molecule has 0 saturated heterocycles. The van der Waals surface area contributed by atoms with Gasteiger partial charge in [-0.25, -0.2) is 4.79 Å². The van der Waals surface area contributed by atoms with Crippen molar-refractivity contribution in [3.8, 4) is 5.75 Å². The number of phenolic OH excluding ortho intramolecular Hbond substituents is 1. The summed E-state index contributed by atoms with van der Waals surface area (Å²) in [4.78, 5) is 34.6. The largest absolute Gasteiger partial charge is 0.508 e. The molecule has 1 atom stereocenters. The normalized spacial score (nSPS) is 12.3. The zero-order chi connectivity index (χ0) is 17.6. The Hall–Kier alpha value is -2.57. The molecule has 7 nitrogen and oxygen atoms in total. The number of esters is 1. The molecule has 1 unspecified atom stereocenters. The fourth-order valence-electron chi connectivity index (χ4n) is 1.82. The van der Waals surface area contributed by atoms with E-state index in [2.05, 4.69) is 5.32 Å². The van der Waals surface area contributed by atoms with E-state index < -0.39 is 35.9 Å². The lowest BCUT2D eigenvalue weighted by molar-refractivity contribution is -0.157. The molecule has 0 bridgehead atoms. The number of aliphatic carboxylic acids is 1. The van der Waals surface area contributed by atoms with Crippen molar-refractivity contribution < 1.29 is 29.3 Å². The van der Waals surface area contributed by atoms with Crippen LogP contribution in [0.1, 0.15) is 32.8 Å². The highest BCUT2D eigenvalue weighted by Crippen LogP contribution is 2.12. The summed E-state index contributed by atoms with van der Waals surface area (Å²) in [6.07, 6.45) is -0.508. The number of carboxylic acids is 1. The van der Waals surface area contributed by atoms with E-state index in [0.717, 1.165) is 0 Å². The van der Waals surface area contributed by atoms with E-state index in [4.69, 9.17) is 4.74 Å². The highest BCUT2D eigenvalue weighted by molar-refractivity contribution is 5.96. The number of carbonyl (C=O) groups excluding carboxylic acids is 2. The minimum absolute atomic E-state index is 0.0374. The van der Waals surface area contributed by atoms with Crippen LogP contribution < -0.4 is 5.32 Å². The molecule has 1 aromatic rings. The highest BCUT2D eigenvalue weighted by atomic mass is 16.6. The van der Waals surface area contributed by atoms with Crippen molar-refractivity contribution in [2.75, 3.05) is 0 Å².